The van der Waals surface area contributed by atoms with Crippen LogP contribution in [0.3, 0.4) is 0 Å². The van der Waals surface area contributed by atoms with Crippen LogP contribution in [-0.2, 0) is 6.61 Å². The summed E-state index contributed by atoms with van der Waals surface area (Å²) in [5.74, 6) is 1.82. The highest BCUT2D eigenvalue weighted by Gasteiger charge is 2.11. The molecule has 0 saturated heterocycles. The molecule has 0 saturated carbocycles. The van der Waals surface area contributed by atoms with Gasteiger partial charge in [-0.3, -0.25) is 0 Å². The Bertz CT molecular complexity index is 1270. The van der Waals surface area contributed by atoms with E-state index >= 15 is 0 Å². The number of hydrogen-bond acceptors (Lipinski definition) is 6. The van der Waals surface area contributed by atoms with Crippen LogP contribution in [0.1, 0.15) is 12.0 Å². The fourth-order valence-electron chi connectivity index (χ4n) is 3.18. The molecule has 33 heavy (non-hydrogen) atoms. The van der Waals surface area contributed by atoms with Crippen LogP contribution in [0.5, 0.6) is 11.5 Å². The Balaban J connectivity index is 1.50. The standard InChI is InChI=1S/C24H21Cl2FN4O2/c25-7-2-8-32-23-12-21-18(11-20(23)28)24(30-14-29-21)31-17-5-6-22(19(26)10-17)33-13-15-3-1-4-16(27)9-15/h1,3-6,9-12,14H,2,7-8,13,28H2,(H,29,30,31). The van der Waals surface area contributed by atoms with Gasteiger partial charge in [0.2, 0.25) is 0 Å². The van der Waals surface area contributed by atoms with Gasteiger partial charge in [0.25, 0.3) is 0 Å². The lowest BCUT2D eigenvalue weighted by atomic mass is 10.2. The van der Waals surface area contributed by atoms with Crippen LogP contribution < -0.4 is 20.5 Å². The highest BCUT2D eigenvalue weighted by molar-refractivity contribution is 6.32. The van der Waals surface area contributed by atoms with Crippen molar-refractivity contribution in [2.24, 2.45) is 0 Å². The van der Waals surface area contributed by atoms with Gasteiger partial charge in [0.15, 0.2) is 0 Å². The quantitative estimate of drug-likeness (QED) is 0.163. The zero-order valence-corrected chi connectivity index (χ0v) is 19.0. The van der Waals surface area contributed by atoms with Gasteiger partial charge in [-0.1, -0.05) is 23.7 Å². The predicted molar refractivity (Wildman–Crippen MR) is 130 cm³/mol. The normalized spacial score (nSPS) is 10.9. The molecule has 4 rings (SSSR count). The Labute approximate surface area is 200 Å². The first-order valence-corrected chi connectivity index (χ1v) is 11.1. The molecule has 0 atom stereocenters. The number of alkyl halides is 1. The van der Waals surface area contributed by atoms with Crippen molar-refractivity contribution in [2.45, 2.75) is 13.0 Å². The summed E-state index contributed by atoms with van der Waals surface area (Å²) in [6, 6.07) is 15.1. The number of nitrogen functional groups attached to an aromatic ring is 1. The number of aromatic nitrogens is 2. The molecule has 0 unspecified atom stereocenters. The second-order valence-corrected chi connectivity index (χ2v) is 7.99. The summed E-state index contributed by atoms with van der Waals surface area (Å²) in [4.78, 5) is 8.66. The molecule has 6 nitrogen and oxygen atoms in total. The molecule has 3 aromatic carbocycles. The average molecular weight is 487 g/mol. The first-order valence-electron chi connectivity index (χ1n) is 10.2. The molecule has 3 N–H and O–H groups in total. The Kier molecular flexibility index (Phi) is 7.32. The SMILES string of the molecule is Nc1cc2c(Nc3ccc(OCc4cccc(F)c4)c(Cl)c3)ncnc2cc1OCCCCl. The third kappa shape index (κ3) is 5.74. The van der Waals surface area contributed by atoms with Gasteiger partial charge < -0.3 is 20.5 Å². The molecular formula is C24H21Cl2FN4O2. The zero-order chi connectivity index (χ0) is 23.2. The molecule has 0 spiro atoms. The Morgan fingerprint density at radius 1 is 1.00 bits per heavy atom. The predicted octanol–water partition coefficient (Wildman–Crippen LogP) is 6.33. The highest BCUT2D eigenvalue weighted by atomic mass is 35.5. The Morgan fingerprint density at radius 3 is 2.67 bits per heavy atom. The molecule has 0 bridgehead atoms. The maximum absolute atomic E-state index is 13.3. The van der Waals surface area contributed by atoms with E-state index in [0.717, 1.165) is 11.8 Å². The summed E-state index contributed by atoms with van der Waals surface area (Å²) in [5, 5.41) is 4.39. The fourth-order valence-corrected chi connectivity index (χ4v) is 3.53. The summed E-state index contributed by atoms with van der Waals surface area (Å²) in [6.07, 6.45) is 2.18. The van der Waals surface area contributed by atoms with Crippen LogP contribution in [-0.4, -0.2) is 22.5 Å². The maximum Gasteiger partial charge on any atom is 0.144 e. The van der Waals surface area contributed by atoms with Crippen molar-refractivity contribution in [3.63, 3.8) is 0 Å². The second-order valence-electron chi connectivity index (χ2n) is 7.21. The zero-order valence-electron chi connectivity index (χ0n) is 17.5. The number of nitrogens with zero attached hydrogens (tertiary/aromatic N) is 2. The number of nitrogens with two attached hydrogens (primary N) is 1. The van der Waals surface area contributed by atoms with E-state index in [1.165, 1.54) is 18.5 Å². The molecule has 0 aliphatic carbocycles. The van der Waals surface area contributed by atoms with Crippen LogP contribution in [0.25, 0.3) is 10.9 Å². The third-order valence-corrected chi connectivity index (χ3v) is 5.34. The van der Waals surface area contributed by atoms with Crippen molar-refractivity contribution in [2.75, 3.05) is 23.5 Å². The smallest absolute Gasteiger partial charge is 0.144 e. The van der Waals surface area contributed by atoms with E-state index in [1.54, 1.807) is 36.4 Å². The van der Waals surface area contributed by atoms with Gasteiger partial charge >= 0.3 is 0 Å². The topological polar surface area (TPSA) is 82.3 Å². The number of halogens is 3. The van der Waals surface area contributed by atoms with Gasteiger partial charge in [0.05, 0.1) is 22.8 Å². The molecule has 0 amide bonds. The largest absolute Gasteiger partial charge is 0.491 e. The maximum atomic E-state index is 13.3. The van der Waals surface area contributed by atoms with E-state index < -0.39 is 0 Å². The minimum atomic E-state index is -0.312. The van der Waals surface area contributed by atoms with Gasteiger partial charge in [0, 0.05) is 23.0 Å². The lowest BCUT2D eigenvalue weighted by Crippen LogP contribution is -2.02. The van der Waals surface area contributed by atoms with Crippen LogP contribution >= 0.6 is 23.2 Å². The van der Waals surface area contributed by atoms with E-state index in [9.17, 15) is 4.39 Å². The van der Waals surface area contributed by atoms with Crippen LogP contribution in [0.2, 0.25) is 5.02 Å². The summed E-state index contributed by atoms with van der Waals surface area (Å²) in [6.45, 7) is 0.677. The molecule has 4 aromatic rings. The first kappa shape index (κ1) is 22.9. The van der Waals surface area contributed by atoms with Crippen molar-refractivity contribution in [1.29, 1.82) is 0 Å². The third-order valence-electron chi connectivity index (χ3n) is 4.78. The number of fused-ring (bicyclic) bond motifs is 1. The van der Waals surface area contributed by atoms with Crippen LogP contribution in [0.15, 0.2) is 60.9 Å². The van der Waals surface area contributed by atoms with Crippen molar-refractivity contribution in [3.8, 4) is 11.5 Å². The van der Waals surface area contributed by atoms with E-state index in [0.29, 0.717) is 57.3 Å². The number of ether oxygens (including phenoxy) is 2. The van der Waals surface area contributed by atoms with Crippen molar-refractivity contribution >= 4 is 51.3 Å². The van der Waals surface area contributed by atoms with Gasteiger partial charge in [-0.05, 0) is 48.4 Å². The molecule has 9 heteroatoms. The molecule has 0 radical (unpaired) electrons. The number of anilines is 3. The summed E-state index contributed by atoms with van der Waals surface area (Å²) >= 11 is 12.1. The summed E-state index contributed by atoms with van der Waals surface area (Å²) in [5.41, 5.74) is 8.75. The van der Waals surface area contributed by atoms with Gasteiger partial charge in [-0.15, -0.1) is 11.6 Å². The molecular weight excluding hydrogens is 466 g/mol. The number of hydrogen-bond donors (Lipinski definition) is 2. The lowest BCUT2D eigenvalue weighted by Gasteiger charge is -2.13. The minimum Gasteiger partial charge on any atom is -0.491 e. The molecule has 0 aliphatic heterocycles. The van der Waals surface area contributed by atoms with Crippen molar-refractivity contribution in [3.05, 3.63) is 77.3 Å². The van der Waals surface area contributed by atoms with Gasteiger partial charge in [-0.2, -0.15) is 0 Å². The van der Waals surface area contributed by atoms with Crippen LogP contribution in [0, 0.1) is 5.82 Å². The van der Waals surface area contributed by atoms with E-state index in [4.69, 9.17) is 38.4 Å². The van der Waals surface area contributed by atoms with Gasteiger partial charge in [0.1, 0.15) is 36.1 Å². The average Bonchev–Trinajstić information content (AvgIpc) is 2.80. The van der Waals surface area contributed by atoms with Crippen molar-refractivity contribution < 1.29 is 13.9 Å². The number of benzene rings is 3. The second kappa shape index (κ2) is 10.6. The Morgan fingerprint density at radius 2 is 1.88 bits per heavy atom. The fraction of sp³-hybridized carbons (Fsp3) is 0.167. The molecule has 0 aliphatic rings. The lowest BCUT2D eigenvalue weighted by molar-refractivity contribution is 0.306. The molecule has 1 aromatic heterocycles. The van der Waals surface area contributed by atoms with E-state index in [1.807, 2.05) is 6.07 Å². The molecule has 0 fully saturated rings. The number of nitrogens with one attached hydrogen (secondary N) is 1. The summed E-state index contributed by atoms with van der Waals surface area (Å²) in [7, 11) is 0. The van der Waals surface area contributed by atoms with E-state index in [-0.39, 0.29) is 12.4 Å². The highest BCUT2D eigenvalue weighted by Crippen LogP contribution is 2.33. The number of rotatable bonds is 9. The molecule has 1 heterocycles. The minimum absolute atomic E-state index is 0.204. The Hall–Kier alpha value is -3.29. The van der Waals surface area contributed by atoms with Crippen molar-refractivity contribution in [1.82, 2.24) is 9.97 Å². The van der Waals surface area contributed by atoms with Gasteiger partial charge in [-0.25, -0.2) is 14.4 Å². The first-order chi connectivity index (χ1) is 16.0. The van der Waals surface area contributed by atoms with Crippen LogP contribution in [0.4, 0.5) is 21.6 Å². The monoisotopic (exact) mass is 486 g/mol. The summed E-state index contributed by atoms with van der Waals surface area (Å²) < 4.78 is 24.8. The molecule has 170 valence electrons. The van der Waals surface area contributed by atoms with E-state index in [2.05, 4.69) is 15.3 Å².